The van der Waals surface area contributed by atoms with Gasteiger partial charge in [-0.05, 0) is 101 Å². The van der Waals surface area contributed by atoms with Crippen LogP contribution in [0.1, 0.15) is 64.2 Å². The molecule has 5 aliphatic rings. The van der Waals surface area contributed by atoms with Gasteiger partial charge >= 0.3 is 0 Å². The molecule has 4 bridgehead atoms. The SMILES string of the molecule is CNC1CCC(N(C)CC23CC4CC(CC(C4)C2)C3)CC1. The van der Waals surface area contributed by atoms with Crippen LogP contribution in [0.25, 0.3) is 0 Å². The Bertz CT molecular complexity index is 334. The van der Waals surface area contributed by atoms with Crippen LogP contribution in [-0.2, 0) is 0 Å². The number of hydrogen-bond acceptors (Lipinski definition) is 2. The van der Waals surface area contributed by atoms with Crippen LogP contribution in [0.4, 0.5) is 0 Å². The molecule has 0 unspecified atom stereocenters. The summed E-state index contributed by atoms with van der Waals surface area (Å²) in [5.41, 5.74) is 0.726. The molecule has 2 heteroatoms. The molecule has 0 aromatic heterocycles. The van der Waals surface area contributed by atoms with Crippen molar-refractivity contribution in [1.82, 2.24) is 10.2 Å². The van der Waals surface area contributed by atoms with Gasteiger partial charge in [-0.3, -0.25) is 0 Å². The Morgan fingerprint density at radius 1 is 0.905 bits per heavy atom. The number of nitrogens with one attached hydrogen (secondary N) is 1. The predicted octanol–water partition coefficient (Wildman–Crippen LogP) is 3.67. The lowest BCUT2D eigenvalue weighted by Crippen LogP contribution is -2.52. The summed E-state index contributed by atoms with van der Waals surface area (Å²) in [5, 5.41) is 3.47. The molecule has 0 aliphatic heterocycles. The van der Waals surface area contributed by atoms with E-state index in [4.69, 9.17) is 0 Å². The van der Waals surface area contributed by atoms with Gasteiger partial charge < -0.3 is 10.2 Å². The molecule has 0 atom stereocenters. The van der Waals surface area contributed by atoms with E-state index < -0.39 is 0 Å². The summed E-state index contributed by atoms with van der Waals surface area (Å²) in [6.45, 7) is 1.41. The van der Waals surface area contributed by atoms with Gasteiger partial charge in [-0.15, -0.1) is 0 Å². The van der Waals surface area contributed by atoms with Crippen LogP contribution < -0.4 is 5.32 Å². The summed E-state index contributed by atoms with van der Waals surface area (Å²) in [4.78, 5) is 2.78. The highest BCUT2D eigenvalue weighted by Crippen LogP contribution is 2.60. The molecule has 0 radical (unpaired) electrons. The van der Waals surface area contributed by atoms with Gasteiger partial charge in [-0.2, -0.15) is 0 Å². The summed E-state index contributed by atoms with van der Waals surface area (Å²) in [6, 6.07) is 1.65. The van der Waals surface area contributed by atoms with E-state index in [0.717, 1.165) is 35.3 Å². The molecule has 1 N–H and O–H groups in total. The second kappa shape index (κ2) is 5.53. The minimum Gasteiger partial charge on any atom is -0.317 e. The van der Waals surface area contributed by atoms with E-state index in [2.05, 4.69) is 24.3 Å². The highest BCUT2D eigenvalue weighted by Gasteiger charge is 2.51. The first kappa shape index (κ1) is 14.5. The van der Waals surface area contributed by atoms with E-state index in [0.29, 0.717) is 0 Å². The molecule has 21 heavy (non-hydrogen) atoms. The Kier molecular flexibility index (Phi) is 3.82. The van der Waals surface area contributed by atoms with E-state index in [-0.39, 0.29) is 0 Å². The lowest BCUT2D eigenvalue weighted by atomic mass is 9.49. The molecule has 0 aromatic carbocycles. The molecule has 2 nitrogen and oxygen atoms in total. The fourth-order valence-corrected chi connectivity index (χ4v) is 6.95. The van der Waals surface area contributed by atoms with Crippen LogP contribution in [0.15, 0.2) is 0 Å². The van der Waals surface area contributed by atoms with Gasteiger partial charge in [0.2, 0.25) is 0 Å². The normalized spacial score (nSPS) is 49.0. The van der Waals surface area contributed by atoms with Crippen LogP contribution in [-0.4, -0.2) is 37.6 Å². The molecule has 5 aliphatic carbocycles. The first-order valence-corrected chi connectivity index (χ1v) is 9.53. The lowest BCUT2D eigenvalue weighted by Gasteiger charge is -2.58. The Hall–Kier alpha value is -0.0800. The van der Waals surface area contributed by atoms with Gasteiger partial charge in [-0.1, -0.05) is 0 Å². The summed E-state index contributed by atoms with van der Waals surface area (Å²) < 4.78 is 0. The third-order valence-electron chi connectivity index (χ3n) is 7.48. The quantitative estimate of drug-likeness (QED) is 0.850. The average molecular weight is 290 g/mol. The molecule has 0 heterocycles. The van der Waals surface area contributed by atoms with E-state index in [1.54, 1.807) is 38.5 Å². The fourth-order valence-electron chi connectivity index (χ4n) is 6.95. The minimum atomic E-state index is 0.726. The molecule has 0 saturated heterocycles. The number of rotatable bonds is 4. The Morgan fingerprint density at radius 3 is 1.90 bits per heavy atom. The van der Waals surface area contributed by atoms with E-state index in [1.807, 2.05) is 0 Å². The van der Waals surface area contributed by atoms with Crippen LogP contribution in [0.2, 0.25) is 0 Å². The molecule has 5 saturated carbocycles. The minimum absolute atomic E-state index is 0.726. The summed E-state index contributed by atoms with van der Waals surface area (Å²) in [5.74, 6) is 3.30. The maximum atomic E-state index is 3.47. The van der Waals surface area contributed by atoms with Gasteiger partial charge in [0.05, 0.1) is 0 Å². The van der Waals surface area contributed by atoms with Crippen molar-refractivity contribution in [1.29, 1.82) is 0 Å². The molecule has 0 amide bonds. The zero-order chi connectivity index (χ0) is 14.4. The van der Waals surface area contributed by atoms with Crippen LogP contribution in [0.3, 0.4) is 0 Å². The molecular formula is C19H34N2. The van der Waals surface area contributed by atoms with Crippen molar-refractivity contribution in [3.63, 3.8) is 0 Å². The molecule has 5 fully saturated rings. The third kappa shape index (κ3) is 2.79. The maximum absolute atomic E-state index is 3.47. The van der Waals surface area contributed by atoms with Crippen molar-refractivity contribution in [3.8, 4) is 0 Å². The van der Waals surface area contributed by atoms with Crippen molar-refractivity contribution in [2.24, 2.45) is 23.2 Å². The smallest absolute Gasteiger partial charge is 0.00936 e. The highest BCUT2D eigenvalue weighted by molar-refractivity contribution is 5.02. The van der Waals surface area contributed by atoms with Crippen molar-refractivity contribution in [2.45, 2.75) is 76.3 Å². The van der Waals surface area contributed by atoms with Crippen LogP contribution >= 0.6 is 0 Å². The van der Waals surface area contributed by atoms with Crippen LogP contribution in [0, 0.1) is 23.2 Å². The summed E-state index contributed by atoms with van der Waals surface area (Å²) >= 11 is 0. The maximum Gasteiger partial charge on any atom is 0.00936 e. The second-order valence-corrected chi connectivity index (χ2v) is 9.13. The van der Waals surface area contributed by atoms with Gasteiger partial charge in [-0.25, -0.2) is 0 Å². The van der Waals surface area contributed by atoms with E-state index in [1.165, 1.54) is 32.2 Å². The summed E-state index contributed by atoms with van der Waals surface area (Å²) in [6.07, 6.45) is 15.0. The first-order chi connectivity index (χ1) is 10.2. The monoisotopic (exact) mass is 290 g/mol. The topological polar surface area (TPSA) is 15.3 Å². The molecule has 5 rings (SSSR count). The van der Waals surface area contributed by atoms with E-state index in [9.17, 15) is 0 Å². The summed E-state index contributed by atoms with van der Waals surface area (Å²) in [7, 11) is 4.56. The zero-order valence-corrected chi connectivity index (χ0v) is 14.1. The van der Waals surface area contributed by atoms with E-state index >= 15 is 0 Å². The Labute approximate surface area is 131 Å². The van der Waals surface area contributed by atoms with Gasteiger partial charge in [0.25, 0.3) is 0 Å². The number of nitrogens with zero attached hydrogens (tertiary/aromatic N) is 1. The average Bonchev–Trinajstić information content (AvgIpc) is 2.45. The second-order valence-electron chi connectivity index (χ2n) is 9.13. The zero-order valence-electron chi connectivity index (χ0n) is 14.1. The van der Waals surface area contributed by atoms with Crippen molar-refractivity contribution < 1.29 is 0 Å². The largest absolute Gasteiger partial charge is 0.317 e. The molecule has 0 aromatic rings. The third-order valence-corrected chi connectivity index (χ3v) is 7.48. The molecule has 0 spiro atoms. The fraction of sp³-hybridized carbons (Fsp3) is 1.00. The van der Waals surface area contributed by atoms with Crippen molar-refractivity contribution in [3.05, 3.63) is 0 Å². The molecule has 120 valence electrons. The predicted molar refractivity (Wildman–Crippen MR) is 88.3 cm³/mol. The first-order valence-electron chi connectivity index (χ1n) is 9.53. The Balaban J connectivity index is 1.37. The van der Waals surface area contributed by atoms with Crippen molar-refractivity contribution in [2.75, 3.05) is 20.6 Å². The number of hydrogen-bond donors (Lipinski definition) is 1. The van der Waals surface area contributed by atoms with Crippen LogP contribution in [0.5, 0.6) is 0 Å². The molecular weight excluding hydrogens is 256 g/mol. The Morgan fingerprint density at radius 2 is 1.43 bits per heavy atom. The van der Waals surface area contributed by atoms with Gasteiger partial charge in [0, 0.05) is 18.6 Å². The van der Waals surface area contributed by atoms with Crippen molar-refractivity contribution >= 4 is 0 Å². The highest BCUT2D eigenvalue weighted by atomic mass is 15.1. The lowest BCUT2D eigenvalue weighted by molar-refractivity contribution is -0.0724. The van der Waals surface area contributed by atoms with Gasteiger partial charge in [0.15, 0.2) is 0 Å². The standard InChI is InChI=1S/C19H34N2/c1-20-17-3-5-18(6-4-17)21(2)13-19-10-14-7-15(11-19)9-16(8-14)12-19/h14-18,20H,3-13H2,1-2H3. The van der Waals surface area contributed by atoms with Gasteiger partial charge in [0.1, 0.15) is 0 Å².